The molecule has 4 rings (SSSR count). The summed E-state index contributed by atoms with van der Waals surface area (Å²) in [5.74, 6) is 0.0664. The lowest BCUT2D eigenvalue weighted by atomic mass is 9.86. The molecule has 0 aliphatic heterocycles. The van der Waals surface area contributed by atoms with E-state index in [1.54, 1.807) is 30.3 Å². The molecule has 1 aromatic heterocycles. The zero-order valence-corrected chi connectivity index (χ0v) is 27.3. The molecule has 0 atom stereocenters. The highest BCUT2D eigenvalue weighted by Crippen LogP contribution is 2.28. The first-order chi connectivity index (χ1) is 21.4. The van der Waals surface area contributed by atoms with Crippen molar-refractivity contribution < 1.29 is 19.1 Å². The molecule has 10 heteroatoms. The van der Waals surface area contributed by atoms with E-state index < -0.39 is 11.5 Å². The van der Waals surface area contributed by atoms with Gasteiger partial charge >= 0.3 is 5.97 Å². The van der Waals surface area contributed by atoms with Gasteiger partial charge in [0.05, 0.1) is 17.2 Å². The molecule has 0 bridgehead atoms. The van der Waals surface area contributed by atoms with Gasteiger partial charge < -0.3 is 25.2 Å². The molecular formula is C35H46N6O4. The van der Waals surface area contributed by atoms with Gasteiger partial charge in [-0.15, -0.1) is 0 Å². The van der Waals surface area contributed by atoms with E-state index in [1.807, 2.05) is 65.2 Å². The minimum atomic E-state index is -0.520. The van der Waals surface area contributed by atoms with Crippen LogP contribution in [-0.4, -0.2) is 78.0 Å². The Hall–Kier alpha value is -4.31. The highest BCUT2D eigenvalue weighted by Gasteiger charge is 2.31. The van der Waals surface area contributed by atoms with Crippen molar-refractivity contribution in [3.05, 3.63) is 71.9 Å². The molecule has 2 aromatic carbocycles. The van der Waals surface area contributed by atoms with Gasteiger partial charge in [0.1, 0.15) is 17.1 Å². The van der Waals surface area contributed by atoms with Crippen molar-refractivity contribution in [2.75, 3.05) is 43.9 Å². The number of carbonyl (C=O) groups is 3. The van der Waals surface area contributed by atoms with Gasteiger partial charge in [-0.2, -0.15) is 0 Å². The third-order valence-corrected chi connectivity index (χ3v) is 7.72. The van der Waals surface area contributed by atoms with Crippen molar-refractivity contribution in [2.45, 2.75) is 65.0 Å². The first-order valence-electron chi connectivity index (χ1n) is 15.7. The predicted molar refractivity (Wildman–Crippen MR) is 177 cm³/mol. The molecule has 1 fully saturated rings. The third-order valence-electron chi connectivity index (χ3n) is 7.72. The SMILES string of the molecule is CCN(CCN(C)C)c1cc(C(=O)Nc2ccccc2C(=O)NC2CCC(C(=O)OC(C)(C)C)CC2)nc(-c2ccccc2)n1. The molecule has 1 aliphatic carbocycles. The van der Waals surface area contributed by atoms with Crippen LogP contribution in [0.2, 0.25) is 0 Å². The Kier molecular flexibility index (Phi) is 11.3. The zero-order valence-electron chi connectivity index (χ0n) is 27.3. The van der Waals surface area contributed by atoms with Crippen LogP contribution in [0.15, 0.2) is 60.7 Å². The van der Waals surface area contributed by atoms with Crippen molar-refractivity contribution in [3.63, 3.8) is 0 Å². The molecule has 240 valence electrons. The van der Waals surface area contributed by atoms with Crippen molar-refractivity contribution in [1.29, 1.82) is 0 Å². The van der Waals surface area contributed by atoms with Crippen LogP contribution in [0.5, 0.6) is 0 Å². The average molecular weight is 615 g/mol. The van der Waals surface area contributed by atoms with Crippen molar-refractivity contribution in [2.24, 2.45) is 5.92 Å². The Bertz CT molecular complexity index is 1460. The number of hydrogen-bond acceptors (Lipinski definition) is 8. The van der Waals surface area contributed by atoms with E-state index in [9.17, 15) is 14.4 Å². The number of rotatable bonds is 11. The normalized spacial score (nSPS) is 16.6. The van der Waals surface area contributed by atoms with Gasteiger partial charge in [-0.05, 0) is 79.6 Å². The Morgan fingerprint density at radius 2 is 1.56 bits per heavy atom. The molecule has 2 amide bonds. The molecule has 0 radical (unpaired) electrons. The molecule has 1 saturated carbocycles. The first-order valence-corrected chi connectivity index (χ1v) is 15.7. The lowest BCUT2D eigenvalue weighted by Gasteiger charge is -2.30. The van der Waals surface area contributed by atoms with E-state index in [1.165, 1.54) is 0 Å². The fourth-order valence-electron chi connectivity index (χ4n) is 5.28. The van der Waals surface area contributed by atoms with Gasteiger partial charge in [0.2, 0.25) is 0 Å². The van der Waals surface area contributed by atoms with E-state index >= 15 is 0 Å². The van der Waals surface area contributed by atoms with E-state index in [0.717, 1.165) is 18.7 Å². The van der Waals surface area contributed by atoms with Crippen LogP contribution in [0.25, 0.3) is 11.4 Å². The second-order valence-electron chi connectivity index (χ2n) is 12.7. The van der Waals surface area contributed by atoms with Crippen LogP contribution < -0.4 is 15.5 Å². The number of aromatic nitrogens is 2. The minimum absolute atomic E-state index is 0.0695. The summed E-state index contributed by atoms with van der Waals surface area (Å²) in [6.07, 6.45) is 2.67. The predicted octanol–water partition coefficient (Wildman–Crippen LogP) is 5.41. The number of ether oxygens (including phenoxy) is 1. The summed E-state index contributed by atoms with van der Waals surface area (Å²) in [5.41, 5.74) is 1.24. The Balaban J connectivity index is 1.50. The maximum atomic E-state index is 13.7. The molecule has 45 heavy (non-hydrogen) atoms. The summed E-state index contributed by atoms with van der Waals surface area (Å²) in [7, 11) is 4.04. The molecule has 1 aliphatic rings. The number of hydrogen-bond donors (Lipinski definition) is 2. The number of amides is 2. The van der Waals surface area contributed by atoms with Gasteiger partial charge in [-0.1, -0.05) is 42.5 Å². The lowest BCUT2D eigenvalue weighted by Crippen LogP contribution is -2.40. The van der Waals surface area contributed by atoms with Gasteiger partial charge in [0, 0.05) is 37.3 Å². The maximum Gasteiger partial charge on any atom is 0.309 e. The summed E-state index contributed by atoms with van der Waals surface area (Å²) in [6.45, 7) is 9.92. The quantitative estimate of drug-likeness (QED) is 0.275. The van der Waals surface area contributed by atoms with Crippen LogP contribution >= 0.6 is 0 Å². The monoisotopic (exact) mass is 614 g/mol. The maximum absolute atomic E-state index is 13.7. The summed E-state index contributed by atoms with van der Waals surface area (Å²) >= 11 is 0. The number of para-hydroxylation sites is 1. The average Bonchev–Trinajstić information content (AvgIpc) is 3.01. The number of carbonyl (C=O) groups excluding carboxylic acids is 3. The number of esters is 1. The molecule has 0 unspecified atom stereocenters. The van der Waals surface area contributed by atoms with E-state index in [4.69, 9.17) is 9.72 Å². The highest BCUT2D eigenvalue weighted by molar-refractivity contribution is 6.08. The number of benzene rings is 2. The molecule has 1 heterocycles. The van der Waals surface area contributed by atoms with Crippen LogP contribution in [0.4, 0.5) is 11.5 Å². The van der Waals surface area contributed by atoms with E-state index in [2.05, 4.69) is 32.3 Å². The van der Waals surface area contributed by atoms with E-state index in [0.29, 0.717) is 55.1 Å². The number of nitrogens with zero attached hydrogens (tertiary/aromatic N) is 4. The van der Waals surface area contributed by atoms with Gasteiger partial charge in [0.25, 0.3) is 11.8 Å². The Morgan fingerprint density at radius 1 is 0.889 bits per heavy atom. The van der Waals surface area contributed by atoms with Crippen molar-refractivity contribution in [3.8, 4) is 11.4 Å². The molecule has 10 nitrogen and oxygen atoms in total. The Morgan fingerprint density at radius 3 is 2.20 bits per heavy atom. The second-order valence-corrected chi connectivity index (χ2v) is 12.7. The molecular weight excluding hydrogens is 568 g/mol. The van der Waals surface area contributed by atoms with Gasteiger partial charge in [-0.3, -0.25) is 14.4 Å². The fourth-order valence-corrected chi connectivity index (χ4v) is 5.28. The smallest absolute Gasteiger partial charge is 0.309 e. The summed E-state index contributed by atoms with van der Waals surface area (Å²) in [4.78, 5) is 53.3. The standard InChI is InChI=1S/C35H46N6O4/c1-7-41(22-21-40(5)6)30-23-29(37-31(39-30)24-13-9-8-10-14-24)33(43)38-28-16-12-11-15-27(28)32(42)36-26-19-17-25(18-20-26)34(44)45-35(2,3)4/h8-16,23,25-26H,7,17-22H2,1-6H3,(H,36,42)(H,38,43). The number of anilines is 2. The van der Waals surface area contributed by atoms with Crippen LogP contribution in [0.1, 0.15) is 74.2 Å². The molecule has 2 N–H and O–H groups in total. The Labute approximate surface area is 266 Å². The molecule has 0 spiro atoms. The minimum Gasteiger partial charge on any atom is -0.460 e. The summed E-state index contributed by atoms with van der Waals surface area (Å²) in [6, 6.07) is 18.2. The van der Waals surface area contributed by atoms with Crippen molar-refractivity contribution in [1.82, 2.24) is 20.2 Å². The second kappa shape index (κ2) is 15.1. The summed E-state index contributed by atoms with van der Waals surface area (Å²) in [5, 5.41) is 6.03. The lowest BCUT2D eigenvalue weighted by molar-refractivity contribution is -0.161. The highest BCUT2D eigenvalue weighted by atomic mass is 16.6. The van der Waals surface area contributed by atoms with Crippen molar-refractivity contribution >= 4 is 29.3 Å². The van der Waals surface area contributed by atoms with Gasteiger partial charge in [0.15, 0.2) is 5.82 Å². The first kappa shape index (κ1) is 33.6. The van der Waals surface area contributed by atoms with Crippen LogP contribution in [0, 0.1) is 5.92 Å². The fraction of sp³-hybridized carbons (Fsp3) is 0.457. The topological polar surface area (TPSA) is 117 Å². The van der Waals surface area contributed by atoms with E-state index in [-0.39, 0.29) is 29.5 Å². The van der Waals surface area contributed by atoms with Crippen LogP contribution in [0.3, 0.4) is 0 Å². The van der Waals surface area contributed by atoms with Gasteiger partial charge in [-0.25, -0.2) is 9.97 Å². The number of likely N-dealkylation sites (N-methyl/N-ethyl adjacent to an activating group) is 2. The summed E-state index contributed by atoms with van der Waals surface area (Å²) < 4.78 is 5.55. The largest absolute Gasteiger partial charge is 0.460 e. The number of nitrogens with one attached hydrogen (secondary N) is 2. The molecule has 0 saturated heterocycles. The molecule has 3 aromatic rings. The third kappa shape index (κ3) is 9.59. The zero-order chi connectivity index (χ0) is 32.6. The van der Waals surface area contributed by atoms with Crippen LogP contribution in [-0.2, 0) is 9.53 Å².